The minimum absolute atomic E-state index is 0.439. The number of aryl methyl sites for hydroxylation is 1. The van der Waals surface area contributed by atoms with Gasteiger partial charge in [-0.3, -0.25) is 0 Å². The number of nitrogens with two attached hydrogens (primary N) is 1. The smallest absolute Gasteiger partial charge is 0.115 e. The Morgan fingerprint density at radius 1 is 1.53 bits per heavy atom. The van der Waals surface area contributed by atoms with Crippen LogP contribution in [0.3, 0.4) is 0 Å². The summed E-state index contributed by atoms with van der Waals surface area (Å²) in [5.41, 5.74) is 9.03. The molecule has 0 saturated carbocycles. The summed E-state index contributed by atoms with van der Waals surface area (Å²) in [5, 5.41) is 0. The third-order valence-corrected chi connectivity index (χ3v) is 3.51. The average Bonchev–Trinajstić information content (AvgIpc) is 2.97. The lowest BCUT2D eigenvalue weighted by Crippen LogP contribution is -2.06. The first-order valence-electron chi connectivity index (χ1n) is 6.02. The van der Waals surface area contributed by atoms with Crippen molar-refractivity contribution in [2.75, 3.05) is 13.2 Å². The summed E-state index contributed by atoms with van der Waals surface area (Å²) in [7, 11) is 2.07. The minimum Gasteiger partial charge on any atom is -0.381 e. The Bertz CT molecular complexity index is 541. The first-order valence-corrected chi connectivity index (χ1v) is 6.02. The summed E-state index contributed by atoms with van der Waals surface area (Å²) < 4.78 is 7.61. The van der Waals surface area contributed by atoms with E-state index in [4.69, 9.17) is 15.5 Å². The van der Waals surface area contributed by atoms with E-state index in [1.807, 2.05) is 6.07 Å². The van der Waals surface area contributed by atoms with Crippen molar-refractivity contribution < 1.29 is 4.74 Å². The predicted molar refractivity (Wildman–Crippen MR) is 66.8 cm³/mol. The molecule has 0 aliphatic carbocycles. The molecule has 2 N–H and O–H groups in total. The SMILES string of the molecule is Cn1c(C2CCOC2)nc2ccc(CN)cc21. The van der Waals surface area contributed by atoms with Crippen LogP contribution < -0.4 is 5.73 Å². The maximum atomic E-state index is 5.67. The lowest BCUT2D eigenvalue weighted by molar-refractivity contribution is 0.193. The van der Waals surface area contributed by atoms with Gasteiger partial charge in [-0.15, -0.1) is 0 Å². The Hall–Kier alpha value is -1.39. The van der Waals surface area contributed by atoms with E-state index in [1.165, 1.54) is 0 Å². The summed E-state index contributed by atoms with van der Waals surface area (Å²) >= 11 is 0. The molecule has 90 valence electrons. The van der Waals surface area contributed by atoms with Crippen LogP contribution in [0.5, 0.6) is 0 Å². The summed E-state index contributed by atoms with van der Waals surface area (Å²) in [4.78, 5) is 4.71. The highest BCUT2D eigenvalue weighted by molar-refractivity contribution is 5.77. The van der Waals surface area contributed by atoms with Crippen molar-refractivity contribution in [3.8, 4) is 0 Å². The van der Waals surface area contributed by atoms with Crippen LogP contribution in [-0.2, 0) is 18.3 Å². The number of fused-ring (bicyclic) bond motifs is 1. The number of nitrogens with zero attached hydrogens (tertiary/aromatic N) is 2. The molecule has 1 aliphatic heterocycles. The van der Waals surface area contributed by atoms with E-state index in [9.17, 15) is 0 Å². The van der Waals surface area contributed by atoms with E-state index in [1.54, 1.807) is 0 Å². The summed E-state index contributed by atoms with van der Waals surface area (Å²) in [5.74, 6) is 1.57. The van der Waals surface area contributed by atoms with E-state index in [2.05, 4.69) is 23.7 Å². The Balaban J connectivity index is 2.11. The number of benzene rings is 1. The molecule has 0 bridgehead atoms. The number of ether oxygens (including phenoxy) is 1. The number of hydrogen-bond acceptors (Lipinski definition) is 3. The zero-order chi connectivity index (χ0) is 11.8. The van der Waals surface area contributed by atoms with Gasteiger partial charge < -0.3 is 15.0 Å². The molecular weight excluding hydrogens is 214 g/mol. The molecule has 2 aromatic rings. The molecule has 0 radical (unpaired) electrons. The molecule has 1 aromatic heterocycles. The highest BCUT2D eigenvalue weighted by Gasteiger charge is 2.23. The number of aromatic nitrogens is 2. The zero-order valence-corrected chi connectivity index (χ0v) is 10.0. The van der Waals surface area contributed by atoms with Gasteiger partial charge in [0.1, 0.15) is 5.82 Å². The standard InChI is InChI=1S/C13H17N3O/c1-16-12-6-9(7-14)2-3-11(12)15-13(16)10-4-5-17-8-10/h2-3,6,10H,4-5,7-8,14H2,1H3. The zero-order valence-electron chi connectivity index (χ0n) is 10.0. The van der Waals surface area contributed by atoms with Gasteiger partial charge in [0.15, 0.2) is 0 Å². The van der Waals surface area contributed by atoms with Crippen molar-refractivity contribution in [2.45, 2.75) is 18.9 Å². The van der Waals surface area contributed by atoms with Crippen molar-refractivity contribution in [3.05, 3.63) is 29.6 Å². The second-order valence-corrected chi connectivity index (χ2v) is 4.62. The van der Waals surface area contributed by atoms with Gasteiger partial charge in [0.25, 0.3) is 0 Å². The fourth-order valence-electron chi connectivity index (χ4n) is 2.48. The molecule has 1 saturated heterocycles. The van der Waals surface area contributed by atoms with Crippen LogP contribution in [0.1, 0.15) is 23.7 Å². The average molecular weight is 231 g/mol. The molecule has 4 heteroatoms. The molecule has 1 aliphatic rings. The summed E-state index contributed by atoms with van der Waals surface area (Å²) in [6.07, 6.45) is 1.07. The molecule has 4 nitrogen and oxygen atoms in total. The van der Waals surface area contributed by atoms with Gasteiger partial charge in [0.2, 0.25) is 0 Å². The molecule has 1 fully saturated rings. The quantitative estimate of drug-likeness (QED) is 0.853. The fourth-order valence-corrected chi connectivity index (χ4v) is 2.48. The van der Waals surface area contributed by atoms with E-state index >= 15 is 0 Å². The van der Waals surface area contributed by atoms with Crippen molar-refractivity contribution in [1.29, 1.82) is 0 Å². The van der Waals surface area contributed by atoms with Crippen molar-refractivity contribution in [1.82, 2.24) is 9.55 Å². The maximum absolute atomic E-state index is 5.67. The van der Waals surface area contributed by atoms with Crippen molar-refractivity contribution in [3.63, 3.8) is 0 Å². The topological polar surface area (TPSA) is 53.1 Å². The third-order valence-electron chi connectivity index (χ3n) is 3.51. The van der Waals surface area contributed by atoms with Crippen LogP contribution in [0.25, 0.3) is 11.0 Å². The maximum Gasteiger partial charge on any atom is 0.115 e. The van der Waals surface area contributed by atoms with Crippen LogP contribution in [0.2, 0.25) is 0 Å². The molecule has 1 unspecified atom stereocenters. The van der Waals surface area contributed by atoms with Crippen LogP contribution in [0, 0.1) is 0 Å². The van der Waals surface area contributed by atoms with Crippen molar-refractivity contribution in [2.24, 2.45) is 12.8 Å². The Morgan fingerprint density at radius 2 is 2.41 bits per heavy atom. The van der Waals surface area contributed by atoms with E-state index in [0.29, 0.717) is 12.5 Å². The minimum atomic E-state index is 0.439. The highest BCUT2D eigenvalue weighted by Crippen LogP contribution is 2.27. The lowest BCUT2D eigenvalue weighted by atomic mass is 10.1. The van der Waals surface area contributed by atoms with Crippen LogP contribution in [0.4, 0.5) is 0 Å². The highest BCUT2D eigenvalue weighted by atomic mass is 16.5. The second kappa shape index (κ2) is 4.13. The third kappa shape index (κ3) is 1.73. The summed E-state index contributed by atoms with van der Waals surface area (Å²) in [6, 6.07) is 6.22. The molecule has 1 atom stereocenters. The molecule has 17 heavy (non-hydrogen) atoms. The van der Waals surface area contributed by atoms with Gasteiger partial charge in [0, 0.05) is 26.1 Å². The number of hydrogen-bond donors (Lipinski definition) is 1. The summed E-state index contributed by atoms with van der Waals surface area (Å²) in [6.45, 7) is 2.21. The van der Waals surface area contributed by atoms with Crippen LogP contribution >= 0.6 is 0 Å². The number of rotatable bonds is 2. The van der Waals surface area contributed by atoms with Crippen LogP contribution in [-0.4, -0.2) is 22.8 Å². The van der Waals surface area contributed by atoms with Crippen LogP contribution in [0.15, 0.2) is 18.2 Å². The van der Waals surface area contributed by atoms with Gasteiger partial charge in [0.05, 0.1) is 17.6 Å². The van der Waals surface area contributed by atoms with Gasteiger partial charge in [-0.2, -0.15) is 0 Å². The molecule has 1 aromatic carbocycles. The first-order chi connectivity index (χ1) is 8.29. The van der Waals surface area contributed by atoms with E-state index < -0.39 is 0 Å². The first kappa shape index (κ1) is 10.7. The van der Waals surface area contributed by atoms with E-state index in [0.717, 1.165) is 42.1 Å². The molecule has 0 amide bonds. The molecule has 0 spiro atoms. The Kier molecular flexibility index (Phi) is 2.61. The molecule has 3 rings (SSSR count). The normalized spacial score (nSPS) is 20.2. The largest absolute Gasteiger partial charge is 0.381 e. The monoisotopic (exact) mass is 231 g/mol. The van der Waals surface area contributed by atoms with E-state index in [-0.39, 0.29) is 0 Å². The van der Waals surface area contributed by atoms with Gasteiger partial charge in [-0.25, -0.2) is 4.98 Å². The molecule has 2 heterocycles. The Morgan fingerprint density at radius 3 is 3.12 bits per heavy atom. The predicted octanol–water partition coefficient (Wildman–Crippen LogP) is 1.54. The lowest BCUT2D eigenvalue weighted by Gasteiger charge is -2.07. The Labute approximate surface area is 100 Å². The second-order valence-electron chi connectivity index (χ2n) is 4.62. The van der Waals surface area contributed by atoms with Crippen molar-refractivity contribution >= 4 is 11.0 Å². The van der Waals surface area contributed by atoms with Gasteiger partial charge in [-0.05, 0) is 24.1 Å². The van der Waals surface area contributed by atoms with Gasteiger partial charge in [-0.1, -0.05) is 6.07 Å². The molecular formula is C13H17N3O. The fraction of sp³-hybridized carbons (Fsp3) is 0.462. The number of imidazole rings is 1. The van der Waals surface area contributed by atoms with Gasteiger partial charge >= 0.3 is 0 Å².